The van der Waals surface area contributed by atoms with E-state index in [1.165, 1.54) is 24.6 Å². The number of halogens is 1. The Bertz CT molecular complexity index is 1670. The average molecular weight is 558 g/mol. The smallest absolute Gasteiger partial charge is 0.186 e. The summed E-state index contributed by atoms with van der Waals surface area (Å²) in [7, 11) is 3.15. The van der Waals surface area contributed by atoms with Crippen LogP contribution in [0.5, 0.6) is 23.0 Å². The maximum atomic E-state index is 12.8. The van der Waals surface area contributed by atoms with Crippen molar-refractivity contribution in [3.05, 3.63) is 89.7 Å². The van der Waals surface area contributed by atoms with Crippen molar-refractivity contribution in [1.29, 1.82) is 0 Å². The SMILES string of the molecule is COCCOc1cc2ncnc(Nc3ccc(Oc4cccc(Cl)c4)c(C4=CC(=O)C=CC4=O)c3)c2cc1OC. The van der Waals surface area contributed by atoms with E-state index in [1.807, 2.05) is 0 Å². The Morgan fingerprint density at radius 3 is 2.58 bits per heavy atom. The van der Waals surface area contributed by atoms with Crippen LogP contribution in [-0.2, 0) is 14.3 Å². The summed E-state index contributed by atoms with van der Waals surface area (Å²) >= 11 is 6.12. The zero-order valence-corrected chi connectivity index (χ0v) is 22.4. The van der Waals surface area contributed by atoms with Crippen molar-refractivity contribution in [2.45, 2.75) is 0 Å². The van der Waals surface area contributed by atoms with E-state index in [4.69, 9.17) is 30.5 Å². The third-order valence-electron chi connectivity index (χ3n) is 5.97. The predicted molar refractivity (Wildman–Crippen MR) is 152 cm³/mol. The highest BCUT2D eigenvalue weighted by Gasteiger charge is 2.21. The van der Waals surface area contributed by atoms with Crippen LogP contribution in [0.25, 0.3) is 16.5 Å². The Balaban J connectivity index is 1.53. The van der Waals surface area contributed by atoms with Crippen molar-refractivity contribution in [2.75, 3.05) is 32.8 Å². The molecule has 4 aromatic rings. The van der Waals surface area contributed by atoms with Crippen molar-refractivity contribution < 1.29 is 28.5 Å². The Morgan fingerprint density at radius 1 is 0.900 bits per heavy atom. The molecule has 3 aromatic carbocycles. The van der Waals surface area contributed by atoms with Gasteiger partial charge >= 0.3 is 0 Å². The highest BCUT2D eigenvalue weighted by Crippen LogP contribution is 2.38. The van der Waals surface area contributed by atoms with Gasteiger partial charge in [0.05, 0.1) is 19.2 Å². The van der Waals surface area contributed by atoms with Crippen molar-refractivity contribution >= 4 is 51.1 Å². The lowest BCUT2D eigenvalue weighted by atomic mass is 9.95. The molecule has 5 rings (SSSR count). The average Bonchev–Trinajstić information content (AvgIpc) is 2.95. The molecule has 1 aliphatic rings. The third kappa shape index (κ3) is 5.96. The van der Waals surface area contributed by atoms with Gasteiger partial charge in [0.1, 0.15) is 30.3 Å². The summed E-state index contributed by atoms with van der Waals surface area (Å²) in [5, 5.41) is 4.48. The van der Waals surface area contributed by atoms with Gasteiger partial charge in [-0.15, -0.1) is 0 Å². The van der Waals surface area contributed by atoms with Gasteiger partial charge in [0.25, 0.3) is 0 Å². The van der Waals surface area contributed by atoms with Crippen LogP contribution in [0.3, 0.4) is 0 Å². The topological polar surface area (TPSA) is 109 Å². The number of nitrogens with zero attached hydrogens (tertiary/aromatic N) is 2. The number of carbonyl (C=O) groups excluding carboxylic acids is 2. The lowest BCUT2D eigenvalue weighted by Crippen LogP contribution is -2.08. The zero-order valence-electron chi connectivity index (χ0n) is 21.6. The van der Waals surface area contributed by atoms with E-state index in [1.54, 1.807) is 68.8 Å². The molecule has 1 aliphatic carbocycles. The predicted octanol–water partition coefficient (Wildman–Crippen LogP) is 5.94. The third-order valence-corrected chi connectivity index (χ3v) is 6.21. The number of carbonyl (C=O) groups is 2. The van der Waals surface area contributed by atoms with Gasteiger partial charge in [0, 0.05) is 40.4 Å². The molecule has 0 saturated heterocycles. The van der Waals surface area contributed by atoms with Gasteiger partial charge in [-0.25, -0.2) is 9.97 Å². The molecule has 0 fully saturated rings. The molecule has 10 heteroatoms. The lowest BCUT2D eigenvalue weighted by Gasteiger charge is -2.17. The Morgan fingerprint density at radius 2 is 1.77 bits per heavy atom. The first kappa shape index (κ1) is 26.9. The van der Waals surface area contributed by atoms with Crippen molar-refractivity contribution in [3.8, 4) is 23.0 Å². The minimum Gasteiger partial charge on any atom is -0.493 e. The van der Waals surface area contributed by atoms with E-state index in [-0.39, 0.29) is 17.1 Å². The molecule has 0 atom stereocenters. The maximum Gasteiger partial charge on any atom is 0.186 e. The molecule has 0 spiro atoms. The number of fused-ring (bicyclic) bond motifs is 1. The quantitative estimate of drug-likeness (QED) is 0.187. The number of nitrogens with one attached hydrogen (secondary N) is 1. The summed E-state index contributed by atoms with van der Waals surface area (Å²) in [6.45, 7) is 0.782. The summed E-state index contributed by atoms with van der Waals surface area (Å²) in [6.07, 6.45) is 5.21. The van der Waals surface area contributed by atoms with E-state index >= 15 is 0 Å². The molecular formula is C30H24ClN3O6. The molecule has 0 aliphatic heterocycles. The Kier molecular flexibility index (Phi) is 8.04. The van der Waals surface area contributed by atoms with Crippen molar-refractivity contribution in [2.24, 2.45) is 0 Å². The lowest BCUT2D eigenvalue weighted by molar-refractivity contribution is -0.113. The van der Waals surface area contributed by atoms with Crippen LogP contribution < -0.4 is 19.5 Å². The molecule has 0 bridgehead atoms. The largest absolute Gasteiger partial charge is 0.493 e. The first-order chi connectivity index (χ1) is 19.4. The van der Waals surface area contributed by atoms with Crippen LogP contribution in [0.15, 0.2) is 79.2 Å². The second-order valence-corrected chi connectivity index (χ2v) is 9.07. The molecule has 1 N–H and O–H groups in total. The van der Waals surface area contributed by atoms with E-state index in [2.05, 4.69) is 15.3 Å². The van der Waals surface area contributed by atoms with Gasteiger partial charge in [0.15, 0.2) is 23.1 Å². The van der Waals surface area contributed by atoms with Crippen LogP contribution >= 0.6 is 11.6 Å². The van der Waals surface area contributed by atoms with Crippen LogP contribution in [0.4, 0.5) is 11.5 Å². The molecule has 0 amide bonds. The summed E-state index contributed by atoms with van der Waals surface area (Å²) in [6, 6.07) is 15.7. The first-order valence-corrected chi connectivity index (χ1v) is 12.6. The van der Waals surface area contributed by atoms with Gasteiger partial charge in [-0.3, -0.25) is 9.59 Å². The highest BCUT2D eigenvalue weighted by molar-refractivity contribution is 6.34. The first-order valence-electron chi connectivity index (χ1n) is 12.2. The number of hydrogen-bond donors (Lipinski definition) is 1. The Labute approximate surface area is 235 Å². The summed E-state index contributed by atoms with van der Waals surface area (Å²) < 4.78 is 22.5. The second kappa shape index (κ2) is 12.0. The highest BCUT2D eigenvalue weighted by atomic mass is 35.5. The summed E-state index contributed by atoms with van der Waals surface area (Å²) in [5.41, 5.74) is 1.87. The van der Waals surface area contributed by atoms with Gasteiger partial charge < -0.3 is 24.3 Å². The fraction of sp³-hybridized carbons (Fsp3) is 0.133. The number of aromatic nitrogens is 2. The standard InChI is InChI=1S/C30H24ClN3O6/c1-37-10-11-39-29-16-25-24(15-28(29)38-2)30(33-17-32-25)34-19-6-9-27(40-21-5-3-4-18(31)12-21)23(13-19)22-14-20(35)7-8-26(22)36/h3-9,12-17H,10-11H2,1-2H3,(H,32,33,34). The monoisotopic (exact) mass is 557 g/mol. The zero-order chi connectivity index (χ0) is 28.1. The second-order valence-electron chi connectivity index (χ2n) is 8.64. The van der Waals surface area contributed by atoms with Gasteiger partial charge in [-0.1, -0.05) is 17.7 Å². The number of rotatable bonds is 10. The van der Waals surface area contributed by atoms with Gasteiger partial charge in [0.2, 0.25) is 0 Å². The van der Waals surface area contributed by atoms with Crippen LogP contribution in [0.1, 0.15) is 5.56 Å². The number of ether oxygens (including phenoxy) is 4. The minimum absolute atomic E-state index is 0.209. The Hall–Kier alpha value is -4.73. The van der Waals surface area contributed by atoms with E-state index in [0.717, 1.165) is 0 Å². The van der Waals surface area contributed by atoms with Crippen molar-refractivity contribution in [3.63, 3.8) is 0 Å². The molecule has 0 saturated carbocycles. The molecule has 0 unspecified atom stereocenters. The molecule has 202 valence electrons. The molecule has 0 radical (unpaired) electrons. The van der Waals surface area contributed by atoms with E-state index in [9.17, 15) is 9.59 Å². The number of allylic oxidation sites excluding steroid dienone is 4. The maximum absolute atomic E-state index is 12.8. The molecular weight excluding hydrogens is 534 g/mol. The molecule has 40 heavy (non-hydrogen) atoms. The fourth-order valence-electron chi connectivity index (χ4n) is 4.09. The molecule has 9 nitrogen and oxygen atoms in total. The fourth-order valence-corrected chi connectivity index (χ4v) is 4.27. The van der Waals surface area contributed by atoms with E-state index in [0.29, 0.717) is 69.2 Å². The molecule has 1 aromatic heterocycles. The van der Waals surface area contributed by atoms with E-state index < -0.39 is 0 Å². The van der Waals surface area contributed by atoms with Crippen LogP contribution in [0, 0.1) is 0 Å². The van der Waals surface area contributed by atoms with Gasteiger partial charge in [-0.05, 0) is 60.7 Å². The van der Waals surface area contributed by atoms with Gasteiger partial charge in [-0.2, -0.15) is 0 Å². The number of hydrogen-bond acceptors (Lipinski definition) is 9. The number of methoxy groups -OCH3 is 2. The summed E-state index contributed by atoms with van der Waals surface area (Å²) in [5.74, 6) is 1.80. The number of benzene rings is 3. The normalized spacial score (nSPS) is 12.8. The van der Waals surface area contributed by atoms with Crippen LogP contribution in [-0.4, -0.2) is 49.0 Å². The number of anilines is 2. The van der Waals surface area contributed by atoms with Crippen molar-refractivity contribution in [1.82, 2.24) is 9.97 Å². The minimum atomic E-state index is -0.314. The summed E-state index contributed by atoms with van der Waals surface area (Å²) in [4.78, 5) is 33.7. The molecule has 1 heterocycles. The van der Waals surface area contributed by atoms with Crippen LogP contribution in [0.2, 0.25) is 5.02 Å². The number of ketones is 2.